The van der Waals surface area contributed by atoms with E-state index < -0.39 is 0 Å². The van der Waals surface area contributed by atoms with Crippen molar-refractivity contribution < 1.29 is 9.53 Å². The Morgan fingerprint density at radius 1 is 1.14 bits per heavy atom. The molecule has 2 aliphatic rings. The molecule has 14 heavy (non-hydrogen) atoms. The number of rotatable bonds is 2. The van der Waals surface area contributed by atoms with E-state index >= 15 is 0 Å². The zero-order valence-corrected chi connectivity index (χ0v) is 8.58. The molecule has 0 spiro atoms. The Balaban J connectivity index is 1.80. The monoisotopic (exact) mass is 194 g/mol. The van der Waals surface area contributed by atoms with E-state index in [-0.39, 0.29) is 18.0 Å². The first-order valence-electron chi connectivity index (χ1n) is 5.73. The minimum absolute atomic E-state index is 0.0408. The second-order valence-corrected chi connectivity index (χ2v) is 4.32. The maximum Gasteiger partial charge on any atom is 0.309 e. The van der Waals surface area contributed by atoms with Gasteiger partial charge in [-0.05, 0) is 38.2 Å². The molecule has 0 aromatic carbocycles. The second-order valence-electron chi connectivity index (χ2n) is 4.32. The molecule has 2 rings (SSSR count). The largest absolute Gasteiger partial charge is 0.458 e. The summed E-state index contributed by atoms with van der Waals surface area (Å²) in [6.45, 7) is 0. The van der Waals surface area contributed by atoms with Crippen LogP contribution in [0.4, 0.5) is 0 Å². The summed E-state index contributed by atoms with van der Waals surface area (Å²) in [7, 11) is 0. The molecule has 1 fully saturated rings. The fraction of sp³-hybridized carbons (Fsp3) is 0.750. The van der Waals surface area contributed by atoms with E-state index in [1.165, 1.54) is 12.8 Å². The first-order valence-corrected chi connectivity index (χ1v) is 5.73. The van der Waals surface area contributed by atoms with Crippen molar-refractivity contribution in [3.05, 3.63) is 12.2 Å². The smallest absolute Gasteiger partial charge is 0.309 e. The van der Waals surface area contributed by atoms with E-state index in [9.17, 15) is 4.79 Å². The lowest BCUT2D eigenvalue weighted by atomic mass is 10.0. The summed E-state index contributed by atoms with van der Waals surface area (Å²) in [5.41, 5.74) is 0. The van der Waals surface area contributed by atoms with Crippen LogP contribution in [0.3, 0.4) is 0 Å². The Labute approximate surface area is 85.3 Å². The van der Waals surface area contributed by atoms with Crippen molar-refractivity contribution in [1.29, 1.82) is 0 Å². The minimum atomic E-state index is 0.0408. The van der Waals surface area contributed by atoms with Gasteiger partial charge in [-0.3, -0.25) is 4.79 Å². The number of ether oxygens (including phenoxy) is 1. The average molecular weight is 194 g/mol. The molecule has 0 saturated heterocycles. The van der Waals surface area contributed by atoms with E-state index in [0.29, 0.717) is 0 Å². The second kappa shape index (κ2) is 4.63. The average Bonchev–Trinajstić information content (AvgIpc) is 2.72. The van der Waals surface area contributed by atoms with Gasteiger partial charge in [0.15, 0.2) is 0 Å². The number of hydrogen-bond donors (Lipinski definition) is 0. The maximum absolute atomic E-state index is 11.7. The number of carbonyl (C=O) groups is 1. The third-order valence-electron chi connectivity index (χ3n) is 3.17. The predicted octanol–water partition coefficient (Wildman–Crippen LogP) is 2.83. The van der Waals surface area contributed by atoms with Gasteiger partial charge >= 0.3 is 5.97 Å². The molecule has 1 unspecified atom stereocenters. The highest BCUT2D eigenvalue weighted by Crippen LogP contribution is 2.27. The number of hydrogen-bond acceptors (Lipinski definition) is 2. The van der Waals surface area contributed by atoms with Crippen molar-refractivity contribution in [2.24, 2.45) is 5.92 Å². The summed E-state index contributed by atoms with van der Waals surface area (Å²) in [5, 5.41) is 0. The van der Waals surface area contributed by atoms with E-state index in [1.807, 2.05) is 6.08 Å². The summed E-state index contributed by atoms with van der Waals surface area (Å²) in [6, 6.07) is 0. The van der Waals surface area contributed by atoms with Gasteiger partial charge in [-0.15, -0.1) is 0 Å². The topological polar surface area (TPSA) is 26.3 Å². The fourth-order valence-electron chi connectivity index (χ4n) is 2.29. The highest BCUT2D eigenvalue weighted by molar-refractivity contribution is 5.73. The van der Waals surface area contributed by atoms with Crippen LogP contribution in [0.1, 0.15) is 44.9 Å². The maximum atomic E-state index is 11.7. The van der Waals surface area contributed by atoms with Crippen molar-refractivity contribution in [2.45, 2.75) is 51.0 Å². The van der Waals surface area contributed by atoms with Gasteiger partial charge in [-0.2, -0.15) is 0 Å². The van der Waals surface area contributed by atoms with Gasteiger partial charge in [0, 0.05) is 0 Å². The molecule has 0 heterocycles. The summed E-state index contributed by atoms with van der Waals surface area (Å²) in [4.78, 5) is 11.7. The molecule has 1 atom stereocenters. The summed E-state index contributed by atoms with van der Waals surface area (Å²) in [5.74, 6) is 0.240. The standard InChI is InChI=1S/C12H18O2/c13-12(10-6-4-5-7-10)14-11-8-2-1-3-9-11/h2,8,10-11H,1,3-7,9H2. The lowest BCUT2D eigenvalue weighted by molar-refractivity contribution is -0.152. The first kappa shape index (κ1) is 9.75. The summed E-state index contributed by atoms with van der Waals surface area (Å²) in [6.07, 6.45) is 12.0. The molecular weight excluding hydrogens is 176 g/mol. The quantitative estimate of drug-likeness (QED) is 0.499. The highest BCUT2D eigenvalue weighted by atomic mass is 16.5. The minimum Gasteiger partial charge on any atom is -0.458 e. The molecule has 0 N–H and O–H groups in total. The van der Waals surface area contributed by atoms with E-state index in [0.717, 1.165) is 32.1 Å². The van der Waals surface area contributed by atoms with Crippen LogP contribution in [0.5, 0.6) is 0 Å². The molecule has 0 bridgehead atoms. The van der Waals surface area contributed by atoms with Crippen LogP contribution in [0.15, 0.2) is 12.2 Å². The van der Waals surface area contributed by atoms with Crippen molar-refractivity contribution in [1.82, 2.24) is 0 Å². The van der Waals surface area contributed by atoms with Crippen molar-refractivity contribution >= 4 is 5.97 Å². The van der Waals surface area contributed by atoms with E-state index in [4.69, 9.17) is 4.74 Å². The number of allylic oxidation sites excluding steroid dienone is 1. The van der Waals surface area contributed by atoms with Gasteiger partial charge in [0.05, 0.1) is 5.92 Å². The Morgan fingerprint density at radius 3 is 2.57 bits per heavy atom. The number of carbonyl (C=O) groups excluding carboxylic acids is 1. The van der Waals surface area contributed by atoms with Crippen LogP contribution >= 0.6 is 0 Å². The van der Waals surface area contributed by atoms with Gasteiger partial charge in [-0.25, -0.2) is 0 Å². The van der Waals surface area contributed by atoms with Crippen LogP contribution in [0, 0.1) is 5.92 Å². The van der Waals surface area contributed by atoms with Crippen LogP contribution < -0.4 is 0 Å². The van der Waals surface area contributed by atoms with Crippen LogP contribution in [-0.4, -0.2) is 12.1 Å². The number of esters is 1. The molecule has 0 amide bonds. The first-order chi connectivity index (χ1) is 6.86. The molecule has 2 nitrogen and oxygen atoms in total. The SMILES string of the molecule is O=C(OC1C=CCCC1)C1CCCC1. The Kier molecular flexibility index (Phi) is 3.22. The molecule has 2 aliphatic carbocycles. The van der Waals surface area contributed by atoms with E-state index in [2.05, 4.69) is 6.08 Å². The van der Waals surface area contributed by atoms with Gasteiger partial charge in [-0.1, -0.05) is 18.9 Å². The molecule has 0 aliphatic heterocycles. The third kappa shape index (κ3) is 2.37. The molecule has 0 aromatic rings. The van der Waals surface area contributed by atoms with Crippen LogP contribution in [0.25, 0.3) is 0 Å². The fourth-order valence-corrected chi connectivity index (χ4v) is 2.29. The molecule has 2 heteroatoms. The van der Waals surface area contributed by atoms with Crippen molar-refractivity contribution in [3.63, 3.8) is 0 Å². The molecular formula is C12H18O2. The van der Waals surface area contributed by atoms with Crippen molar-refractivity contribution in [2.75, 3.05) is 0 Å². The van der Waals surface area contributed by atoms with Crippen LogP contribution in [0.2, 0.25) is 0 Å². The summed E-state index contributed by atoms with van der Waals surface area (Å²) >= 11 is 0. The summed E-state index contributed by atoms with van der Waals surface area (Å²) < 4.78 is 5.45. The zero-order chi connectivity index (χ0) is 9.80. The van der Waals surface area contributed by atoms with Gasteiger partial charge < -0.3 is 4.74 Å². The molecule has 1 saturated carbocycles. The van der Waals surface area contributed by atoms with Gasteiger partial charge in [0.25, 0.3) is 0 Å². The lowest BCUT2D eigenvalue weighted by Crippen LogP contribution is -2.22. The van der Waals surface area contributed by atoms with Gasteiger partial charge in [0.2, 0.25) is 0 Å². The Hall–Kier alpha value is -0.790. The van der Waals surface area contributed by atoms with Crippen molar-refractivity contribution in [3.8, 4) is 0 Å². The molecule has 0 aromatic heterocycles. The lowest BCUT2D eigenvalue weighted by Gasteiger charge is -2.19. The zero-order valence-electron chi connectivity index (χ0n) is 8.58. The molecule has 78 valence electrons. The Bertz CT molecular complexity index is 226. The van der Waals surface area contributed by atoms with Gasteiger partial charge in [0.1, 0.15) is 6.10 Å². The molecule has 0 radical (unpaired) electrons. The predicted molar refractivity (Wildman–Crippen MR) is 54.8 cm³/mol. The van der Waals surface area contributed by atoms with Crippen LogP contribution in [-0.2, 0) is 9.53 Å². The Morgan fingerprint density at radius 2 is 1.93 bits per heavy atom. The normalized spacial score (nSPS) is 27.9. The highest BCUT2D eigenvalue weighted by Gasteiger charge is 2.26. The van der Waals surface area contributed by atoms with E-state index in [1.54, 1.807) is 0 Å². The third-order valence-corrected chi connectivity index (χ3v) is 3.17.